The first kappa shape index (κ1) is 10.5. The summed E-state index contributed by atoms with van der Waals surface area (Å²) in [4.78, 5) is 10.6. The fourth-order valence-corrected chi connectivity index (χ4v) is 0.992. The van der Waals surface area contributed by atoms with Crippen molar-refractivity contribution in [2.24, 2.45) is 5.73 Å². The van der Waals surface area contributed by atoms with Gasteiger partial charge in [0.15, 0.2) is 0 Å². The second-order valence-corrected chi connectivity index (χ2v) is 2.98. The van der Waals surface area contributed by atoms with Crippen molar-refractivity contribution >= 4 is 18.5 Å². The maximum absolute atomic E-state index is 10.6. The summed E-state index contributed by atoms with van der Waals surface area (Å²) in [6.07, 6.45) is -0.569. The van der Waals surface area contributed by atoms with Gasteiger partial charge in [0.05, 0.1) is 5.54 Å². The summed E-state index contributed by atoms with van der Waals surface area (Å²) >= 11 is 0. The van der Waals surface area contributed by atoms with E-state index >= 15 is 0 Å². The van der Waals surface area contributed by atoms with E-state index in [1.54, 1.807) is 0 Å². The smallest absolute Gasteiger partial charge is 0.408 e. The quantitative estimate of drug-likeness (QED) is 0.608. The van der Waals surface area contributed by atoms with E-state index in [-0.39, 0.29) is 30.1 Å². The summed E-state index contributed by atoms with van der Waals surface area (Å²) in [5.41, 5.74) is 5.04. The highest BCUT2D eigenvalue weighted by Gasteiger charge is 2.39. The highest BCUT2D eigenvalue weighted by Crippen LogP contribution is 2.18. The molecular weight excluding hydrogens is 168 g/mol. The van der Waals surface area contributed by atoms with Crippen molar-refractivity contribution in [2.75, 3.05) is 6.54 Å². The molecule has 1 fully saturated rings. The number of carbonyl (C=O) groups is 1. The minimum absolute atomic E-state index is 0. The molecule has 0 aromatic heterocycles. The Morgan fingerprint density at radius 3 is 2.45 bits per heavy atom. The van der Waals surface area contributed by atoms with Crippen molar-refractivity contribution in [1.29, 1.82) is 0 Å². The largest absolute Gasteiger partial charge is 0.442 e. The minimum atomic E-state index is -0.375. The molecule has 1 aliphatic heterocycles. The van der Waals surface area contributed by atoms with Crippen LogP contribution < -0.4 is 11.1 Å². The average molecular weight is 181 g/mol. The molecule has 5 heteroatoms. The lowest BCUT2D eigenvalue weighted by Gasteiger charge is -2.21. The second-order valence-electron chi connectivity index (χ2n) is 2.98. The van der Waals surface area contributed by atoms with Crippen LogP contribution in [0.15, 0.2) is 0 Å². The van der Waals surface area contributed by atoms with E-state index in [2.05, 4.69) is 5.32 Å². The van der Waals surface area contributed by atoms with Gasteiger partial charge in [0.2, 0.25) is 0 Å². The van der Waals surface area contributed by atoms with E-state index < -0.39 is 0 Å². The summed E-state index contributed by atoms with van der Waals surface area (Å²) in [5, 5.41) is 2.65. The first-order chi connectivity index (χ1) is 4.56. The molecule has 66 valence electrons. The number of hydrogen-bond acceptors (Lipinski definition) is 3. The molecule has 1 rings (SSSR count). The number of nitrogens with one attached hydrogen (secondary N) is 1. The SMILES string of the molecule is CC1(C)NC(=O)OC1CN.Cl. The van der Waals surface area contributed by atoms with E-state index in [0.29, 0.717) is 6.54 Å². The molecule has 0 radical (unpaired) electrons. The number of ether oxygens (including phenoxy) is 1. The second kappa shape index (κ2) is 3.28. The van der Waals surface area contributed by atoms with E-state index in [1.165, 1.54) is 0 Å². The predicted molar refractivity (Wildman–Crippen MR) is 43.8 cm³/mol. The third kappa shape index (κ3) is 1.97. The summed E-state index contributed by atoms with van der Waals surface area (Å²) in [5.74, 6) is 0. The van der Waals surface area contributed by atoms with Crippen LogP contribution in [0.4, 0.5) is 4.79 Å². The number of nitrogens with two attached hydrogens (primary N) is 1. The molecule has 11 heavy (non-hydrogen) atoms. The molecule has 0 aromatic carbocycles. The van der Waals surface area contributed by atoms with Crippen LogP contribution in [0.5, 0.6) is 0 Å². The molecule has 1 atom stereocenters. The van der Waals surface area contributed by atoms with Crippen LogP contribution in [-0.4, -0.2) is 24.3 Å². The molecule has 0 saturated carbocycles. The van der Waals surface area contributed by atoms with Gasteiger partial charge in [0.1, 0.15) is 6.10 Å². The third-order valence-electron chi connectivity index (χ3n) is 1.69. The number of rotatable bonds is 1. The first-order valence-electron chi connectivity index (χ1n) is 3.25. The fraction of sp³-hybridized carbons (Fsp3) is 0.833. The van der Waals surface area contributed by atoms with Gasteiger partial charge in [-0.2, -0.15) is 0 Å². The van der Waals surface area contributed by atoms with Crippen LogP contribution in [0, 0.1) is 0 Å². The molecule has 4 nitrogen and oxygen atoms in total. The van der Waals surface area contributed by atoms with Gasteiger partial charge >= 0.3 is 6.09 Å². The van der Waals surface area contributed by atoms with Gasteiger partial charge in [0, 0.05) is 6.54 Å². The Hall–Kier alpha value is -0.480. The predicted octanol–water partition coefficient (Wildman–Crippen LogP) is 0.254. The van der Waals surface area contributed by atoms with Crippen LogP contribution >= 0.6 is 12.4 Å². The van der Waals surface area contributed by atoms with Gasteiger partial charge in [-0.3, -0.25) is 0 Å². The molecule has 0 bridgehead atoms. The lowest BCUT2D eigenvalue weighted by atomic mass is 9.99. The molecule has 1 unspecified atom stereocenters. The molecule has 1 amide bonds. The van der Waals surface area contributed by atoms with Gasteiger partial charge in [0.25, 0.3) is 0 Å². The number of carbonyl (C=O) groups excluding carboxylic acids is 1. The zero-order chi connectivity index (χ0) is 7.78. The van der Waals surface area contributed by atoms with Crippen molar-refractivity contribution in [3.63, 3.8) is 0 Å². The summed E-state index contributed by atoms with van der Waals surface area (Å²) in [6.45, 7) is 4.14. The maximum atomic E-state index is 10.6. The highest BCUT2D eigenvalue weighted by molar-refractivity contribution is 5.85. The van der Waals surface area contributed by atoms with Gasteiger partial charge in [-0.25, -0.2) is 4.79 Å². The molecular formula is C6H13ClN2O2. The van der Waals surface area contributed by atoms with Crippen molar-refractivity contribution < 1.29 is 9.53 Å². The molecule has 0 aromatic rings. The van der Waals surface area contributed by atoms with Crippen LogP contribution in [-0.2, 0) is 4.74 Å². The molecule has 1 heterocycles. The van der Waals surface area contributed by atoms with Crippen LogP contribution in [0.3, 0.4) is 0 Å². The van der Waals surface area contributed by atoms with Gasteiger partial charge in [-0.1, -0.05) is 0 Å². The van der Waals surface area contributed by atoms with E-state index in [1.807, 2.05) is 13.8 Å². The Kier molecular flexibility index (Phi) is 3.13. The van der Waals surface area contributed by atoms with E-state index in [0.717, 1.165) is 0 Å². The summed E-state index contributed by atoms with van der Waals surface area (Å²) < 4.78 is 4.85. The lowest BCUT2D eigenvalue weighted by Crippen LogP contribution is -2.45. The Balaban J connectivity index is 0.000001000. The van der Waals surface area contributed by atoms with Crippen molar-refractivity contribution in [1.82, 2.24) is 5.32 Å². The highest BCUT2D eigenvalue weighted by atomic mass is 35.5. The number of hydrogen-bond donors (Lipinski definition) is 2. The molecule has 1 saturated heterocycles. The van der Waals surface area contributed by atoms with Crippen LogP contribution in [0.1, 0.15) is 13.8 Å². The third-order valence-corrected chi connectivity index (χ3v) is 1.69. The van der Waals surface area contributed by atoms with Crippen LogP contribution in [0.25, 0.3) is 0 Å². The number of halogens is 1. The number of cyclic esters (lactones) is 1. The Morgan fingerprint density at radius 1 is 1.73 bits per heavy atom. The topological polar surface area (TPSA) is 64.3 Å². The van der Waals surface area contributed by atoms with Crippen molar-refractivity contribution in [2.45, 2.75) is 25.5 Å². The van der Waals surface area contributed by atoms with E-state index in [9.17, 15) is 4.79 Å². The lowest BCUT2D eigenvalue weighted by molar-refractivity contribution is 0.122. The minimum Gasteiger partial charge on any atom is -0.442 e. The van der Waals surface area contributed by atoms with Crippen LogP contribution in [0.2, 0.25) is 0 Å². The summed E-state index contributed by atoms with van der Waals surface area (Å²) in [6, 6.07) is 0. The Morgan fingerprint density at radius 2 is 2.27 bits per heavy atom. The number of alkyl carbamates (subject to hydrolysis) is 1. The van der Waals surface area contributed by atoms with E-state index in [4.69, 9.17) is 10.5 Å². The summed E-state index contributed by atoms with van der Waals surface area (Å²) in [7, 11) is 0. The van der Waals surface area contributed by atoms with Crippen molar-refractivity contribution in [3.8, 4) is 0 Å². The molecule has 3 N–H and O–H groups in total. The van der Waals surface area contributed by atoms with Gasteiger partial charge < -0.3 is 15.8 Å². The normalized spacial score (nSPS) is 26.8. The Bertz CT molecular complexity index is 161. The fourth-order valence-electron chi connectivity index (χ4n) is 0.992. The Labute approximate surface area is 71.9 Å². The first-order valence-corrected chi connectivity index (χ1v) is 3.25. The average Bonchev–Trinajstić information content (AvgIpc) is 2.04. The maximum Gasteiger partial charge on any atom is 0.408 e. The zero-order valence-corrected chi connectivity index (χ0v) is 7.40. The molecule has 1 aliphatic rings. The zero-order valence-electron chi connectivity index (χ0n) is 6.59. The van der Waals surface area contributed by atoms with Crippen molar-refractivity contribution in [3.05, 3.63) is 0 Å². The number of amides is 1. The standard InChI is InChI=1S/C6H12N2O2.ClH/c1-6(2)4(3-7)10-5(9)8-6;/h4H,3,7H2,1-2H3,(H,8,9);1H. The van der Waals surface area contributed by atoms with Gasteiger partial charge in [-0.15, -0.1) is 12.4 Å². The molecule has 0 aliphatic carbocycles. The van der Waals surface area contributed by atoms with Gasteiger partial charge in [-0.05, 0) is 13.8 Å². The monoisotopic (exact) mass is 180 g/mol. The molecule has 0 spiro atoms.